The molecule has 0 amide bonds. The highest BCUT2D eigenvalue weighted by molar-refractivity contribution is 7.81. The fourth-order valence-electron chi connectivity index (χ4n) is 0.596. The Morgan fingerprint density at radius 2 is 1.45 bits per heavy atom. The van der Waals surface area contributed by atoms with Crippen molar-refractivity contribution in [2.45, 2.75) is 17.3 Å². The topological polar surface area (TPSA) is 27.7 Å². The van der Waals surface area contributed by atoms with Crippen LogP contribution in [0, 0.1) is 0 Å². The van der Waals surface area contributed by atoms with Crippen molar-refractivity contribution in [1.82, 2.24) is 0 Å². The standard InChI is InChI=1S/C6H13O3SSi/c1-5(10,7-2)6(11,8-3)9-4/h10H,1-4H3. The molecule has 0 aromatic heterocycles. The van der Waals surface area contributed by atoms with Crippen LogP contribution in [0.25, 0.3) is 0 Å². The monoisotopic (exact) mass is 193 g/mol. The third kappa shape index (κ3) is 2.19. The van der Waals surface area contributed by atoms with Gasteiger partial charge in [0, 0.05) is 21.3 Å². The molecule has 0 aromatic rings. The summed E-state index contributed by atoms with van der Waals surface area (Å²) in [4.78, 5) is -0.840. The largest absolute Gasteiger partial charge is 0.363 e. The van der Waals surface area contributed by atoms with Crippen LogP contribution in [0.15, 0.2) is 0 Å². The molecule has 0 fully saturated rings. The van der Waals surface area contributed by atoms with Crippen molar-refractivity contribution < 1.29 is 14.2 Å². The lowest BCUT2D eigenvalue weighted by Gasteiger charge is -2.39. The van der Waals surface area contributed by atoms with Gasteiger partial charge in [0.1, 0.15) is 10.2 Å². The fraction of sp³-hybridized carbons (Fsp3) is 1.00. The highest BCUT2D eigenvalue weighted by Crippen LogP contribution is 2.30. The molecule has 0 rings (SSSR count). The summed E-state index contributed by atoms with van der Waals surface area (Å²) in [7, 11) is 7.81. The lowest BCUT2D eigenvalue weighted by molar-refractivity contribution is -0.215. The third-order valence-electron chi connectivity index (χ3n) is 1.58. The molecule has 0 saturated carbocycles. The SMILES string of the molecule is COC(C)(S)C([Si])(OC)OC. The van der Waals surface area contributed by atoms with Crippen LogP contribution in [0.1, 0.15) is 6.92 Å². The predicted molar refractivity (Wildman–Crippen MR) is 46.9 cm³/mol. The molecule has 0 aliphatic carbocycles. The number of rotatable bonds is 4. The Balaban J connectivity index is 4.47. The number of hydrogen-bond acceptors (Lipinski definition) is 4. The summed E-state index contributed by atoms with van der Waals surface area (Å²) in [6, 6.07) is 0. The van der Waals surface area contributed by atoms with Gasteiger partial charge >= 0.3 is 0 Å². The van der Waals surface area contributed by atoms with Crippen LogP contribution >= 0.6 is 12.6 Å². The lowest BCUT2D eigenvalue weighted by Crippen LogP contribution is -2.53. The molecule has 1 unspecified atom stereocenters. The molecule has 1 atom stereocenters. The quantitative estimate of drug-likeness (QED) is 0.398. The smallest absolute Gasteiger partial charge is 0.180 e. The van der Waals surface area contributed by atoms with Gasteiger partial charge < -0.3 is 14.2 Å². The number of thiol groups is 1. The molecule has 0 N–H and O–H groups in total. The van der Waals surface area contributed by atoms with E-state index in [9.17, 15) is 0 Å². The Bertz CT molecular complexity index is 125. The average Bonchev–Trinajstić information content (AvgIpc) is 2.02. The summed E-state index contributed by atoms with van der Waals surface area (Å²) in [5, 5.41) is 0. The molecule has 3 radical (unpaired) electrons. The molecular formula is C6H13O3SSi. The molecule has 0 aliphatic rings. The molecule has 0 aromatic carbocycles. The van der Waals surface area contributed by atoms with Crippen LogP contribution in [-0.2, 0) is 14.2 Å². The molecule has 0 aliphatic heterocycles. The van der Waals surface area contributed by atoms with Crippen LogP contribution < -0.4 is 0 Å². The highest BCUT2D eigenvalue weighted by atomic mass is 32.1. The van der Waals surface area contributed by atoms with Crippen molar-refractivity contribution in [1.29, 1.82) is 0 Å². The van der Waals surface area contributed by atoms with E-state index in [0.29, 0.717) is 0 Å². The van der Waals surface area contributed by atoms with Crippen LogP contribution in [0.4, 0.5) is 0 Å². The van der Waals surface area contributed by atoms with Crippen LogP contribution in [-0.4, -0.2) is 41.9 Å². The molecular weight excluding hydrogens is 180 g/mol. The Kier molecular flexibility index (Phi) is 4.07. The molecule has 5 heteroatoms. The van der Waals surface area contributed by atoms with Crippen molar-refractivity contribution in [2.75, 3.05) is 21.3 Å². The first-order valence-corrected chi connectivity index (χ1v) is 4.01. The first-order chi connectivity index (χ1) is 4.93. The number of hydrogen-bond donors (Lipinski definition) is 1. The molecule has 3 nitrogen and oxygen atoms in total. The second-order valence-corrected chi connectivity index (χ2v) is 3.72. The van der Waals surface area contributed by atoms with Gasteiger partial charge in [0.25, 0.3) is 0 Å². The van der Waals surface area contributed by atoms with Crippen LogP contribution in [0.5, 0.6) is 0 Å². The average molecular weight is 193 g/mol. The molecule has 0 spiro atoms. The van der Waals surface area contributed by atoms with Crippen molar-refractivity contribution in [3.05, 3.63) is 0 Å². The summed E-state index contributed by atoms with van der Waals surface area (Å²) < 4.78 is 15.1. The van der Waals surface area contributed by atoms with Gasteiger partial charge in [-0.05, 0) is 6.92 Å². The minimum absolute atomic E-state index is 0.840. The summed E-state index contributed by atoms with van der Waals surface area (Å²) >= 11 is 4.21. The zero-order chi connectivity index (χ0) is 9.12. The van der Waals surface area contributed by atoms with Crippen molar-refractivity contribution >= 4 is 22.9 Å². The van der Waals surface area contributed by atoms with E-state index in [0.717, 1.165) is 0 Å². The summed E-state index contributed by atoms with van der Waals surface area (Å²) in [6.45, 7) is 1.73. The van der Waals surface area contributed by atoms with Gasteiger partial charge in [-0.1, -0.05) is 0 Å². The molecule has 0 heterocycles. The zero-order valence-corrected chi connectivity index (χ0v) is 9.07. The van der Waals surface area contributed by atoms with Gasteiger partial charge in [0.05, 0.1) is 0 Å². The number of ether oxygens (including phenoxy) is 3. The van der Waals surface area contributed by atoms with Crippen molar-refractivity contribution in [3.8, 4) is 0 Å². The zero-order valence-electron chi connectivity index (χ0n) is 7.17. The second kappa shape index (κ2) is 3.91. The molecule has 0 bridgehead atoms. The Morgan fingerprint density at radius 3 is 1.55 bits per heavy atom. The summed E-state index contributed by atoms with van der Waals surface area (Å²) in [5.41, 5.74) is -1.02. The minimum Gasteiger partial charge on any atom is -0.363 e. The van der Waals surface area contributed by atoms with E-state index in [1.165, 1.54) is 21.3 Å². The fourth-order valence-corrected chi connectivity index (χ4v) is 0.881. The Morgan fingerprint density at radius 1 is 1.09 bits per heavy atom. The summed E-state index contributed by atoms with van der Waals surface area (Å²) in [6.07, 6.45) is 0. The predicted octanol–water partition coefficient (Wildman–Crippen LogP) is 0.394. The molecule has 0 saturated heterocycles. The van der Waals surface area contributed by atoms with Gasteiger partial charge in [-0.3, -0.25) is 0 Å². The minimum atomic E-state index is -1.02. The van der Waals surface area contributed by atoms with Crippen molar-refractivity contribution in [3.63, 3.8) is 0 Å². The molecule has 11 heavy (non-hydrogen) atoms. The maximum atomic E-state index is 5.05. The Labute approximate surface area is 76.2 Å². The first kappa shape index (κ1) is 11.4. The van der Waals surface area contributed by atoms with Crippen LogP contribution in [0.2, 0.25) is 0 Å². The lowest BCUT2D eigenvalue weighted by atomic mass is 10.3. The van der Waals surface area contributed by atoms with E-state index in [1.54, 1.807) is 6.92 Å². The van der Waals surface area contributed by atoms with Gasteiger partial charge in [-0.2, -0.15) is 0 Å². The highest BCUT2D eigenvalue weighted by Gasteiger charge is 2.43. The first-order valence-electron chi connectivity index (χ1n) is 3.06. The van der Waals surface area contributed by atoms with Crippen LogP contribution in [0.3, 0.4) is 0 Å². The van der Waals surface area contributed by atoms with Gasteiger partial charge in [-0.25, -0.2) is 0 Å². The van der Waals surface area contributed by atoms with E-state index in [-0.39, 0.29) is 0 Å². The maximum Gasteiger partial charge on any atom is 0.180 e. The normalized spacial score (nSPS) is 18.0. The van der Waals surface area contributed by atoms with Gasteiger partial charge in [0.15, 0.2) is 10.3 Å². The summed E-state index contributed by atoms with van der Waals surface area (Å²) in [5.74, 6) is 0. The van der Waals surface area contributed by atoms with E-state index < -0.39 is 10.3 Å². The van der Waals surface area contributed by atoms with E-state index in [4.69, 9.17) is 14.2 Å². The molecule has 65 valence electrons. The van der Waals surface area contributed by atoms with Crippen molar-refractivity contribution in [2.24, 2.45) is 0 Å². The van der Waals surface area contributed by atoms with Gasteiger partial charge in [-0.15, -0.1) is 12.6 Å². The third-order valence-corrected chi connectivity index (χ3v) is 3.16. The van der Waals surface area contributed by atoms with E-state index in [2.05, 4.69) is 22.9 Å². The number of methoxy groups -OCH3 is 3. The van der Waals surface area contributed by atoms with Gasteiger partial charge in [0.2, 0.25) is 0 Å². The van der Waals surface area contributed by atoms with E-state index >= 15 is 0 Å². The Hall–Kier alpha value is 0.447. The second-order valence-electron chi connectivity index (χ2n) is 2.21. The maximum absolute atomic E-state index is 5.05. The van der Waals surface area contributed by atoms with E-state index in [1.807, 2.05) is 0 Å².